The van der Waals surface area contributed by atoms with E-state index in [1.54, 1.807) is 10.8 Å². The summed E-state index contributed by atoms with van der Waals surface area (Å²) in [6, 6.07) is 6.19. The van der Waals surface area contributed by atoms with Gasteiger partial charge in [-0.3, -0.25) is 14.1 Å². The van der Waals surface area contributed by atoms with Gasteiger partial charge in [0, 0.05) is 31.7 Å². The van der Waals surface area contributed by atoms with Gasteiger partial charge in [0.2, 0.25) is 0 Å². The molecule has 30 heavy (non-hydrogen) atoms. The summed E-state index contributed by atoms with van der Waals surface area (Å²) in [5, 5.41) is 0.948. The molecule has 0 radical (unpaired) electrons. The molecule has 1 aromatic carbocycles. The van der Waals surface area contributed by atoms with Crippen LogP contribution < -0.4 is 11.2 Å². The van der Waals surface area contributed by atoms with E-state index < -0.39 is 18.3 Å². The zero-order chi connectivity index (χ0) is 21.3. The Labute approximate surface area is 176 Å². The molecule has 0 atom stereocenters. The summed E-state index contributed by atoms with van der Waals surface area (Å²) in [6.45, 7) is 9.55. The van der Waals surface area contributed by atoms with Gasteiger partial charge in [-0.25, -0.2) is 4.79 Å². The highest BCUT2D eigenvalue weighted by atomic mass is 16.7. The van der Waals surface area contributed by atoms with E-state index in [1.165, 1.54) is 0 Å². The Morgan fingerprint density at radius 2 is 1.77 bits per heavy atom. The molecule has 3 aromatic rings. The topological polar surface area (TPSA) is 67.5 Å². The van der Waals surface area contributed by atoms with Crippen molar-refractivity contribution in [3.05, 3.63) is 34.9 Å². The van der Waals surface area contributed by atoms with E-state index in [1.807, 2.05) is 51.4 Å². The van der Waals surface area contributed by atoms with Crippen molar-refractivity contribution in [1.82, 2.24) is 14.1 Å². The van der Waals surface area contributed by atoms with E-state index in [0.717, 1.165) is 40.2 Å². The van der Waals surface area contributed by atoms with Gasteiger partial charge in [0.05, 0.1) is 33.9 Å². The minimum Gasteiger partial charge on any atom is -0.399 e. The lowest BCUT2D eigenvalue weighted by molar-refractivity contribution is 0.00578. The number of hydrogen-bond acceptors (Lipinski definition) is 5. The van der Waals surface area contributed by atoms with Gasteiger partial charge in [-0.2, -0.15) is 0 Å². The number of hydrogen-bond donors (Lipinski definition) is 0. The molecule has 8 heteroatoms. The normalized spacial score (nSPS) is 21.7. The average Bonchev–Trinajstić information content (AvgIpc) is 3.11. The second-order valence-corrected chi connectivity index (χ2v) is 9.41. The second kappa shape index (κ2) is 6.67. The molecule has 0 unspecified atom stereocenters. The molecule has 2 fully saturated rings. The zero-order valence-electron chi connectivity index (χ0n) is 18.3. The molecule has 2 aromatic heterocycles. The number of benzene rings is 1. The first-order valence-electron chi connectivity index (χ1n) is 10.6. The number of ether oxygens (including phenoxy) is 1. The maximum absolute atomic E-state index is 13.2. The third-order valence-electron chi connectivity index (χ3n) is 7.02. The fourth-order valence-electron chi connectivity index (χ4n) is 4.45. The van der Waals surface area contributed by atoms with Crippen LogP contribution in [0.25, 0.3) is 21.9 Å². The Morgan fingerprint density at radius 1 is 1.10 bits per heavy atom. The summed E-state index contributed by atoms with van der Waals surface area (Å²) in [5.74, 6) is 0. The van der Waals surface area contributed by atoms with Gasteiger partial charge in [-0.05, 0) is 52.1 Å². The van der Waals surface area contributed by atoms with Crippen molar-refractivity contribution in [2.45, 2.75) is 57.8 Å². The van der Waals surface area contributed by atoms with Crippen LogP contribution in [0.3, 0.4) is 0 Å². The van der Waals surface area contributed by atoms with Crippen LogP contribution >= 0.6 is 0 Å². The largest absolute Gasteiger partial charge is 0.494 e. The molecule has 5 rings (SSSR count). The number of rotatable bonds is 2. The number of aromatic nitrogens is 3. The molecule has 4 heterocycles. The van der Waals surface area contributed by atoms with Crippen LogP contribution in [0.1, 0.15) is 46.6 Å². The predicted molar refractivity (Wildman–Crippen MR) is 117 cm³/mol. The van der Waals surface area contributed by atoms with Crippen molar-refractivity contribution in [3.63, 3.8) is 0 Å². The Morgan fingerprint density at radius 3 is 2.43 bits per heavy atom. The van der Waals surface area contributed by atoms with Gasteiger partial charge in [0.25, 0.3) is 0 Å². The minimum atomic E-state index is -0.457. The van der Waals surface area contributed by atoms with Gasteiger partial charge >= 0.3 is 12.8 Å². The van der Waals surface area contributed by atoms with Crippen molar-refractivity contribution in [2.24, 2.45) is 7.05 Å². The highest BCUT2D eigenvalue weighted by Gasteiger charge is 2.51. The van der Waals surface area contributed by atoms with Crippen LogP contribution in [0.15, 0.2) is 29.2 Å². The van der Waals surface area contributed by atoms with Gasteiger partial charge in [-0.15, -0.1) is 0 Å². The van der Waals surface area contributed by atoms with Crippen LogP contribution in [0, 0.1) is 0 Å². The molecule has 0 N–H and O–H groups in total. The van der Waals surface area contributed by atoms with Crippen LogP contribution in [0.5, 0.6) is 0 Å². The van der Waals surface area contributed by atoms with Crippen LogP contribution in [-0.2, 0) is 21.1 Å². The molecule has 2 aliphatic heterocycles. The van der Waals surface area contributed by atoms with Crippen molar-refractivity contribution in [2.75, 3.05) is 13.2 Å². The summed E-state index contributed by atoms with van der Waals surface area (Å²) < 4.78 is 21.7. The molecular formula is C22H28BN3O4. The molecule has 158 valence electrons. The van der Waals surface area contributed by atoms with E-state index in [2.05, 4.69) is 11.1 Å². The molecular weight excluding hydrogens is 381 g/mol. The Hall–Kier alpha value is -2.16. The highest BCUT2D eigenvalue weighted by molar-refractivity contribution is 6.62. The predicted octanol–water partition coefficient (Wildman–Crippen LogP) is 2.54. The highest BCUT2D eigenvalue weighted by Crippen LogP contribution is 2.37. The number of aryl methyl sites for hydroxylation is 1. The van der Waals surface area contributed by atoms with E-state index in [-0.39, 0.29) is 11.7 Å². The van der Waals surface area contributed by atoms with Crippen molar-refractivity contribution >= 4 is 34.5 Å². The average molecular weight is 409 g/mol. The molecule has 2 saturated heterocycles. The summed E-state index contributed by atoms with van der Waals surface area (Å²) in [4.78, 5) is 17.8. The van der Waals surface area contributed by atoms with Crippen molar-refractivity contribution in [1.29, 1.82) is 0 Å². The van der Waals surface area contributed by atoms with E-state index >= 15 is 0 Å². The maximum atomic E-state index is 13.2. The lowest BCUT2D eigenvalue weighted by Gasteiger charge is -2.32. The van der Waals surface area contributed by atoms with Gasteiger partial charge < -0.3 is 14.0 Å². The van der Waals surface area contributed by atoms with Crippen LogP contribution in [0.2, 0.25) is 0 Å². The van der Waals surface area contributed by atoms with Crippen molar-refractivity contribution < 1.29 is 14.0 Å². The third-order valence-corrected chi connectivity index (χ3v) is 7.02. The third kappa shape index (κ3) is 2.85. The molecule has 2 aliphatic rings. The van der Waals surface area contributed by atoms with Gasteiger partial charge in [-0.1, -0.05) is 12.1 Å². The Bertz CT molecular complexity index is 1170. The molecule has 0 bridgehead atoms. The molecule has 0 amide bonds. The number of fused-ring (bicyclic) bond motifs is 3. The standard InChI is InChI=1S/C22H28BN3O4/c1-21(2)22(3,4)30-23(29-21)14-6-7-17-16(12-14)19-18(13-24-17)25(5)20(27)26(19)15-8-10-28-11-9-15/h6-7,12-13,15H,8-11H2,1-5H3. The first kappa shape index (κ1) is 19.8. The maximum Gasteiger partial charge on any atom is 0.494 e. The Balaban J connectivity index is 1.70. The van der Waals surface area contributed by atoms with Gasteiger partial charge in [0.15, 0.2) is 0 Å². The zero-order valence-corrected chi connectivity index (χ0v) is 18.3. The molecule has 7 nitrogen and oxygen atoms in total. The first-order chi connectivity index (χ1) is 14.2. The quantitative estimate of drug-likeness (QED) is 0.609. The van der Waals surface area contributed by atoms with E-state index in [9.17, 15) is 4.79 Å². The lowest BCUT2D eigenvalue weighted by atomic mass is 9.78. The second-order valence-electron chi connectivity index (χ2n) is 9.41. The fourth-order valence-corrected chi connectivity index (χ4v) is 4.45. The summed E-state index contributed by atoms with van der Waals surface area (Å²) in [6.07, 6.45) is 3.46. The van der Waals surface area contributed by atoms with Crippen molar-refractivity contribution in [3.8, 4) is 0 Å². The number of pyridine rings is 1. The smallest absolute Gasteiger partial charge is 0.399 e. The molecule has 0 aliphatic carbocycles. The first-order valence-corrected chi connectivity index (χ1v) is 10.6. The van der Waals surface area contributed by atoms with E-state index in [4.69, 9.17) is 14.0 Å². The van der Waals surface area contributed by atoms with E-state index in [0.29, 0.717) is 13.2 Å². The molecule has 0 spiro atoms. The SMILES string of the molecule is Cn1c(=O)n(C2CCOCC2)c2c3cc(B4OC(C)(C)C(C)(C)O4)ccc3ncc21. The monoisotopic (exact) mass is 409 g/mol. The molecule has 0 saturated carbocycles. The lowest BCUT2D eigenvalue weighted by Crippen LogP contribution is -2.41. The summed E-state index contributed by atoms with van der Waals surface area (Å²) in [5.41, 5.74) is 2.73. The number of nitrogens with zero attached hydrogens (tertiary/aromatic N) is 3. The summed E-state index contributed by atoms with van der Waals surface area (Å²) in [7, 11) is 1.35. The van der Waals surface area contributed by atoms with Crippen LogP contribution in [0.4, 0.5) is 0 Å². The fraction of sp³-hybridized carbons (Fsp3) is 0.545. The Kier molecular flexibility index (Phi) is 4.40. The number of imidazole rings is 1. The minimum absolute atomic E-state index is 0.00719. The summed E-state index contributed by atoms with van der Waals surface area (Å²) >= 11 is 0. The van der Waals surface area contributed by atoms with Gasteiger partial charge in [0.1, 0.15) is 0 Å². The van der Waals surface area contributed by atoms with Crippen LogP contribution in [-0.4, -0.2) is 45.7 Å².